The van der Waals surface area contributed by atoms with Gasteiger partial charge in [0.1, 0.15) is 0 Å². The second-order valence-corrected chi connectivity index (χ2v) is 5.64. The lowest BCUT2D eigenvalue weighted by atomic mass is 9.89. The highest BCUT2D eigenvalue weighted by Gasteiger charge is 2.30. The Hall–Kier alpha value is -1.55. The van der Waals surface area contributed by atoms with E-state index in [1.165, 1.54) is 13.8 Å². The molecule has 0 fully saturated rings. The van der Waals surface area contributed by atoms with Crippen LogP contribution in [0.4, 0.5) is 0 Å². The van der Waals surface area contributed by atoms with E-state index in [9.17, 15) is 9.59 Å². The SMILES string of the molecule is C[C@@H](NC(=O)CC(C)(C)C(=O)O)c1ccc(Cl)cc1. The van der Waals surface area contributed by atoms with Crippen molar-refractivity contribution in [1.82, 2.24) is 5.32 Å². The van der Waals surface area contributed by atoms with Gasteiger partial charge in [-0.25, -0.2) is 0 Å². The van der Waals surface area contributed by atoms with Gasteiger partial charge >= 0.3 is 5.97 Å². The first-order chi connectivity index (χ1) is 8.72. The number of hydrogen-bond acceptors (Lipinski definition) is 2. The molecule has 1 rings (SSSR count). The van der Waals surface area contributed by atoms with Crippen LogP contribution in [-0.4, -0.2) is 17.0 Å². The molecule has 0 radical (unpaired) electrons. The maximum Gasteiger partial charge on any atom is 0.309 e. The average molecular weight is 284 g/mol. The average Bonchev–Trinajstić information content (AvgIpc) is 2.28. The summed E-state index contributed by atoms with van der Waals surface area (Å²) in [5.74, 6) is -1.27. The Morgan fingerprint density at radius 3 is 2.32 bits per heavy atom. The van der Waals surface area contributed by atoms with Crippen molar-refractivity contribution >= 4 is 23.5 Å². The summed E-state index contributed by atoms with van der Waals surface area (Å²) in [6, 6.07) is 6.97. The molecule has 0 heterocycles. The third-order valence-corrected chi connectivity index (χ3v) is 3.18. The van der Waals surface area contributed by atoms with Crippen LogP contribution in [0.25, 0.3) is 0 Å². The summed E-state index contributed by atoms with van der Waals surface area (Å²) in [6.07, 6.45) is -0.0553. The molecule has 19 heavy (non-hydrogen) atoms. The van der Waals surface area contributed by atoms with E-state index in [1.54, 1.807) is 12.1 Å². The van der Waals surface area contributed by atoms with E-state index in [-0.39, 0.29) is 18.4 Å². The Bertz CT molecular complexity index is 468. The lowest BCUT2D eigenvalue weighted by molar-refractivity contribution is -0.149. The highest BCUT2D eigenvalue weighted by molar-refractivity contribution is 6.30. The number of hydrogen-bond donors (Lipinski definition) is 2. The number of carboxylic acid groups (broad SMARTS) is 1. The fourth-order valence-electron chi connectivity index (χ4n) is 1.60. The smallest absolute Gasteiger partial charge is 0.309 e. The van der Waals surface area contributed by atoms with Crippen LogP contribution in [0.2, 0.25) is 5.02 Å². The van der Waals surface area contributed by atoms with Crippen molar-refractivity contribution in [2.75, 3.05) is 0 Å². The topological polar surface area (TPSA) is 66.4 Å². The fourth-order valence-corrected chi connectivity index (χ4v) is 1.73. The second-order valence-electron chi connectivity index (χ2n) is 5.21. The number of amides is 1. The molecule has 1 atom stereocenters. The zero-order valence-electron chi connectivity index (χ0n) is 11.2. The molecule has 0 saturated carbocycles. The molecule has 1 amide bonds. The summed E-state index contributed by atoms with van der Waals surface area (Å²) in [7, 11) is 0. The van der Waals surface area contributed by atoms with Gasteiger partial charge in [-0.1, -0.05) is 23.7 Å². The van der Waals surface area contributed by atoms with Crippen LogP contribution in [0.1, 0.15) is 38.8 Å². The minimum atomic E-state index is -1.07. The number of aliphatic carboxylic acids is 1. The number of carbonyl (C=O) groups excluding carboxylic acids is 1. The number of carboxylic acids is 1. The van der Waals surface area contributed by atoms with Crippen molar-refractivity contribution in [1.29, 1.82) is 0 Å². The molecule has 2 N–H and O–H groups in total. The Morgan fingerprint density at radius 1 is 1.32 bits per heavy atom. The van der Waals surface area contributed by atoms with Crippen LogP contribution in [-0.2, 0) is 9.59 Å². The van der Waals surface area contributed by atoms with Crippen LogP contribution >= 0.6 is 11.6 Å². The minimum Gasteiger partial charge on any atom is -0.481 e. The van der Waals surface area contributed by atoms with E-state index in [0.717, 1.165) is 5.56 Å². The summed E-state index contributed by atoms with van der Waals surface area (Å²) in [5.41, 5.74) is -0.144. The predicted octanol–water partition coefficient (Wildman–Crippen LogP) is 3.02. The van der Waals surface area contributed by atoms with E-state index in [1.807, 2.05) is 19.1 Å². The van der Waals surface area contributed by atoms with Gasteiger partial charge in [-0.15, -0.1) is 0 Å². The van der Waals surface area contributed by atoms with E-state index in [4.69, 9.17) is 16.7 Å². The second kappa shape index (κ2) is 6.06. The first-order valence-corrected chi connectivity index (χ1v) is 6.38. The molecule has 104 valence electrons. The van der Waals surface area contributed by atoms with Crippen LogP contribution in [0.3, 0.4) is 0 Å². The highest BCUT2D eigenvalue weighted by atomic mass is 35.5. The Labute approximate surface area is 117 Å². The van der Waals surface area contributed by atoms with Gasteiger partial charge in [-0.05, 0) is 38.5 Å². The molecule has 1 aromatic rings. The molecule has 0 aliphatic carbocycles. The summed E-state index contributed by atoms with van der Waals surface area (Å²) >= 11 is 5.79. The number of carbonyl (C=O) groups is 2. The van der Waals surface area contributed by atoms with Gasteiger partial charge < -0.3 is 10.4 Å². The largest absolute Gasteiger partial charge is 0.481 e. The van der Waals surface area contributed by atoms with E-state index in [0.29, 0.717) is 5.02 Å². The van der Waals surface area contributed by atoms with Crippen molar-refractivity contribution in [2.45, 2.75) is 33.2 Å². The monoisotopic (exact) mass is 283 g/mol. The number of nitrogens with one attached hydrogen (secondary N) is 1. The molecule has 0 aliphatic rings. The minimum absolute atomic E-state index is 0.0553. The maximum absolute atomic E-state index is 11.8. The first-order valence-electron chi connectivity index (χ1n) is 6.00. The Kier molecular flexibility index (Phi) is 4.95. The van der Waals surface area contributed by atoms with Gasteiger partial charge in [0.15, 0.2) is 0 Å². The van der Waals surface area contributed by atoms with E-state index >= 15 is 0 Å². The van der Waals surface area contributed by atoms with Crippen LogP contribution in [0.5, 0.6) is 0 Å². The maximum atomic E-state index is 11.8. The van der Waals surface area contributed by atoms with Gasteiger partial charge in [0.25, 0.3) is 0 Å². The molecule has 0 saturated heterocycles. The van der Waals surface area contributed by atoms with E-state index in [2.05, 4.69) is 5.32 Å². The standard InChI is InChI=1S/C14H18ClNO3/c1-9(10-4-6-11(15)7-5-10)16-12(17)8-14(2,3)13(18)19/h4-7,9H,8H2,1-3H3,(H,16,17)(H,18,19)/t9-/m1/s1. The fraction of sp³-hybridized carbons (Fsp3) is 0.429. The van der Waals surface area contributed by atoms with Crippen molar-refractivity contribution in [3.8, 4) is 0 Å². The van der Waals surface area contributed by atoms with Gasteiger partial charge in [0.05, 0.1) is 11.5 Å². The van der Waals surface area contributed by atoms with Gasteiger partial charge in [0, 0.05) is 11.4 Å². The number of benzene rings is 1. The van der Waals surface area contributed by atoms with Crippen molar-refractivity contribution in [3.05, 3.63) is 34.9 Å². The third-order valence-electron chi connectivity index (χ3n) is 2.93. The molecular formula is C14H18ClNO3. The molecule has 0 unspecified atom stereocenters. The number of halogens is 1. The van der Waals surface area contributed by atoms with Gasteiger partial charge in [-0.3, -0.25) is 9.59 Å². The molecule has 1 aromatic carbocycles. The Morgan fingerprint density at radius 2 is 1.84 bits per heavy atom. The predicted molar refractivity (Wildman–Crippen MR) is 74.0 cm³/mol. The van der Waals surface area contributed by atoms with Crippen molar-refractivity contribution in [3.63, 3.8) is 0 Å². The van der Waals surface area contributed by atoms with Crippen LogP contribution in [0, 0.1) is 5.41 Å². The van der Waals surface area contributed by atoms with Gasteiger partial charge in [-0.2, -0.15) is 0 Å². The molecule has 0 bridgehead atoms. The Balaban J connectivity index is 2.62. The third kappa shape index (κ3) is 4.56. The molecule has 0 spiro atoms. The summed E-state index contributed by atoms with van der Waals surface area (Å²) in [5, 5.41) is 12.4. The van der Waals surface area contributed by atoms with E-state index < -0.39 is 11.4 Å². The summed E-state index contributed by atoms with van der Waals surface area (Å²) < 4.78 is 0. The first kappa shape index (κ1) is 15.5. The normalized spacial score (nSPS) is 12.8. The lowest BCUT2D eigenvalue weighted by Gasteiger charge is -2.20. The molecule has 0 aliphatic heterocycles. The lowest BCUT2D eigenvalue weighted by Crippen LogP contribution is -2.34. The quantitative estimate of drug-likeness (QED) is 0.873. The summed E-state index contributed by atoms with van der Waals surface area (Å²) in [6.45, 7) is 4.90. The van der Waals surface area contributed by atoms with Gasteiger partial charge in [0.2, 0.25) is 5.91 Å². The zero-order valence-corrected chi connectivity index (χ0v) is 12.0. The molecular weight excluding hydrogens is 266 g/mol. The number of rotatable bonds is 5. The highest BCUT2D eigenvalue weighted by Crippen LogP contribution is 2.21. The van der Waals surface area contributed by atoms with Crippen molar-refractivity contribution < 1.29 is 14.7 Å². The molecule has 5 heteroatoms. The summed E-state index contributed by atoms with van der Waals surface area (Å²) in [4.78, 5) is 22.8. The van der Waals surface area contributed by atoms with Crippen molar-refractivity contribution in [2.24, 2.45) is 5.41 Å². The van der Waals surface area contributed by atoms with Crippen LogP contribution < -0.4 is 5.32 Å². The molecule has 0 aromatic heterocycles. The zero-order chi connectivity index (χ0) is 14.6. The molecule has 4 nitrogen and oxygen atoms in total. The van der Waals surface area contributed by atoms with Crippen LogP contribution in [0.15, 0.2) is 24.3 Å².